The number of hydrogen-bond acceptors (Lipinski definition) is 5. The Kier molecular flexibility index (Phi) is 5.16. The van der Waals surface area contributed by atoms with Crippen molar-refractivity contribution >= 4 is 17.4 Å². The average Bonchev–Trinajstić information content (AvgIpc) is 3.17. The normalized spacial score (nSPS) is 10.7. The monoisotopic (exact) mass is 388 g/mol. The topological polar surface area (TPSA) is 73.8 Å². The molecular weight excluding hydrogens is 372 g/mol. The summed E-state index contributed by atoms with van der Waals surface area (Å²) in [7, 11) is 0. The molecule has 1 heterocycles. The van der Waals surface area contributed by atoms with Crippen molar-refractivity contribution in [1.82, 2.24) is 14.8 Å². The van der Waals surface area contributed by atoms with E-state index in [1.54, 1.807) is 23.9 Å². The summed E-state index contributed by atoms with van der Waals surface area (Å²) in [5.41, 5.74) is 2.96. The van der Waals surface area contributed by atoms with Gasteiger partial charge in [-0.3, -0.25) is 14.7 Å². The van der Waals surface area contributed by atoms with Crippen LogP contribution in [0.3, 0.4) is 0 Å². The third kappa shape index (κ3) is 3.79. The number of non-ortho nitro benzene ring substituents is 1. The van der Waals surface area contributed by atoms with E-state index in [4.69, 9.17) is 0 Å². The highest BCUT2D eigenvalue weighted by Crippen LogP contribution is 2.30. The predicted molar refractivity (Wildman–Crippen MR) is 109 cm³/mol. The fraction of sp³-hybridized carbons (Fsp3) is 0.0476. The van der Waals surface area contributed by atoms with Crippen molar-refractivity contribution in [3.63, 3.8) is 0 Å². The highest BCUT2D eigenvalue weighted by atomic mass is 32.2. The van der Waals surface area contributed by atoms with Gasteiger partial charge in [0, 0.05) is 29.1 Å². The van der Waals surface area contributed by atoms with E-state index in [0.29, 0.717) is 5.82 Å². The van der Waals surface area contributed by atoms with Gasteiger partial charge in [-0.25, -0.2) is 0 Å². The molecule has 3 aromatic carbocycles. The Morgan fingerprint density at radius 1 is 0.857 bits per heavy atom. The number of nitro groups is 1. The molecule has 0 amide bonds. The van der Waals surface area contributed by atoms with Gasteiger partial charge in [-0.05, 0) is 29.8 Å². The second kappa shape index (κ2) is 8.06. The maximum Gasteiger partial charge on any atom is 0.269 e. The molecule has 0 fully saturated rings. The standard InChI is InChI=1S/C21H16N4O2S/c26-25(27)19-13-11-17(12-14-19)20-22-23-21(24(20)18-9-5-2-6-10-18)28-15-16-7-3-1-4-8-16/h1-14H,15H2. The first kappa shape index (κ1) is 17.9. The van der Waals surface area contributed by atoms with Crippen LogP contribution in [-0.4, -0.2) is 19.7 Å². The van der Waals surface area contributed by atoms with Crippen molar-refractivity contribution in [3.05, 3.63) is 101 Å². The second-order valence-electron chi connectivity index (χ2n) is 6.06. The molecule has 0 bridgehead atoms. The van der Waals surface area contributed by atoms with Gasteiger partial charge in [-0.1, -0.05) is 60.3 Å². The zero-order valence-corrected chi connectivity index (χ0v) is 15.6. The summed E-state index contributed by atoms with van der Waals surface area (Å²) in [5.74, 6) is 1.42. The highest BCUT2D eigenvalue weighted by Gasteiger charge is 2.17. The predicted octanol–water partition coefficient (Wildman–Crippen LogP) is 5.13. The number of aromatic nitrogens is 3. The molecule has 0 spiro atoms. The van der Waals surface area contributed by atoms with Crippen molar-refractivity contribution in [3.8, 4) is 17.1 Å². The van der Waals surface area contributed by atoms with Crippen LogP contribution in [0.4, 0.5) is 5.69 Å². The van der Waals surface area contributed by atoms with Crippen LogP contribution in [0.2, 0.25) is 0 Å². The minimum atomic E-state index is -0.410. The minimum Gasteiger partial charge on any atom is -0.270 e. The summed E-state index contributed by atoms with van der Waals surface area (Å²) in [4.78, 5) is 10.5. The molecule has 0 atom stereocenters. The van der Waals surface area contributed by atoms with E-state index >= 15 is 0 Å². The van der Waals surface area contributed by atoms with Crippen LogP contribution in [0.25, 0.3) is 17.1 Å². The fourth-order valence-corrected chi connectivity index (χ4v) is 3.72. The largest absolute Gasteiger partial charge is 0.270 e. The summed E-state index contributed by atoms with van der Waals surface area (Å²) < 4.78 is 1.98. The third-order valence-corrected chi connectivity index (χ3v) is 5.19. The van der Waals surface area contributed by atoms with Gasteiger partial charge in [-0.15, -0.1) is 10.2 Å². The number of thioether (sulfide) groups is 1. The quantitative estimate of drug-likeness (QED) is 0.260. The Morgan fingerprint density at radius 3 is 2.14 bits per heavy atom. The number of benzene rings is 3. The molecule has 0 saturated heterocycles. The molecule has 1 aromatic heterocycles. The maximum atomic E-state index is 10.9. The van der Waals surface area contributed by atoms with Crippen molar-refractivity contribution < 1.29 is 4.92 Å². The summed E-state index contributed by atoms with van der Waals surface area (Å²) in [5, 5.41) is 20.5. The number of hydrogen-bond donors (Lipinski definition) is 0. The molecule has 0 unspecified atom stereocenters. The Balaban J connectivity index is 1.72. The average molecular weight is 388 g/mol. The summed E-state index contributed by atoms with van der Waals surface area (Å²) in [6.07, 6.45) is 0. The Morgan fingerprint density at radius 2 is 1.50 bits per heavy atom. The second-order valence-corrected chi connectivity index (χ2v) is 7.00. The molecule has 0 aliphatic carbocycles. The van der Waals surface area contributed by atoms with Crippen LogP contribution in [0.1, 0.15) is 5.56 Å². The first-order valence-electron chi connectivity index (χ1n) is 8.65. The lowest BCUT2D eigenvalue weighted by molar-refractivity contribution is -0.384. The molecule has 4 rings (SSSR count). The van der Waals surface area contributed by atoms with E-state index in [9.17, 15) is 10.1 Å². The van der Waals surface area contributed by atoms with Crippen LogP contribution in [0, 0.1) is 10.1 Å². The molecule has 28 heavy (non-hydrogen) atoms. The number of rotatable bonds is 6. The van der Waals surface area contributed by atoms with Gasteiger partial charge in [0.1, 0.15) is 0 Å². The van der Waals surface area contributed by atoms with Gasteiger partial charge in [0.05, 0.1) is 4.92 Å². The molecule has 0 radical (unpaired) electrons. The number of nitro benzene ring substituents is 1. The molecule has 0 saturated carbocycles. The van der Waals surface area contributed by atoms with E-state index in [1.165, 1.54) is 17.7 Å². The van der Waals surface area contributed by atoms with E-state index in [-0.39, 0.29) is 5.69 Å². The minimum absolute atomic E-state index is 0.0493. The van der Waals surface area contributed by atoms with Gasteiger partial charge in [0.15, 0.2) is 11.0 Å². The van der Waals surface area contributed by atoms with Gasteiger partial charge in [0.25, 0.3) is 5.69 Å². The van der Waals surface area contributed by atoms with Crippen LogP contribution < -0.4 is 0 Å². The van der Waals surface area contributed by atoms with Gasteiger partial charge in [-0.2, -0.15) is 0 Å². The molecule has 7 heteroatoms. The van der Waals surface area contributed by atoms with Crippen molar-refractivity contribution in [2.75, 3.05) is 0 Å². The summed E-state index contributed by atoms with van der Waals surface area (Å²) >= 11 is 1.60. The molecule has 0 N–H and O–H groups in total. The number of nitrogens with zero attached hydrogens (tertiary/aromatic N) is 4. The lowest BCUT2D eigenvalue weighted by Crippen LogP contribution is -1.99. The van der Waals surface area contributed by atoms with Crippen LogP contribution >= 0.6 is 11.8 Å². The SMILES string of the molecule is O=[N+]([O-])c1ccc(-c2nnc(SCc3ccccc3)n2-c2ccccc2)cc1. The van der Waals surface area contributed by atoms with Crippen molar-refractivity contribution in [2.45, 2.75) is 10.9 Å². The van der Waals surface area contributed by atoms with Gasteiger partial charge in [0.2, 0.25) is 0 Å². The Labute approximate surface area is 166 Å². The van der Waals surface area contributed by atoms with Crippen LogP contribution in [0.15, 0.2) is 90.1 Å². The molecular formula is C21H16N4O2S. The summed E-state index contributed by atoms with van der Waals surface area (Å²) in [6.45, 7) is 0. The first-order chi connectivity index (χ1) is 13.7. The molecule has 6 nitrogen and oxygen atoms in total. The molecule has 0 aliphatic heterocycles. The zero-order valence-electron chi connectivity index (χ0n) is 14.8. The summed E-state index contributed by atoms with van der Waals surface area (Å²) in [6, 6.07) is 26.4. The van der Waals surface area contributed by atoms with Crippen molar-refractivity contribution in [1.29, 1.82) is 0 Å². The van der Waals surface area contributed by atoms with E-state index < -0.39 is 4.92 Å². The zero-order chi connectivity index (χ0) is 19.3. The van der Waals surface area contributed by atoms with E-state index in [1.807, 2.05) is 53.1 Å². The van der Waals surface area contributed by atoms with E-state index in [0.717, 1.165) is 22.2 Å². The Bertz CT molecular complexity index is 1080. The molecule has 4 aromatic rings. The lowest BCUT2D eigenvalue weighted by atomic mass is 10.2. The maximum absolute atomic E-state index is 10.9. The third-order valence-electron chi connectivity index (χ3n) is 4.19. The lowest BCUT2D eigenvalue weighted by Gasteiger charge is -2.10. The van der Waals surface area contributed by atoms with Crippen molar-refractivity contribution in [2.24, 2.45) is 0 Å². The fourth-order valence-electron chi connectivity index (χ4n) is 2.81. The molecule has 138 valence electrons. The van der Waals surface area contributed by atoms with Crippen LogP contribution in [0.5, 0.6) is 0 Å². The highest BCUT2D eigenvalue weighted by molar-refractivity contribution is 7.98. The van der Waals surface area contributed by atoms with Crippen LogP contribution in [-0.2, 0) is 5.75 Å². The Hall–Kier alpha value is -3.45. The number of para-hydroxylation sites is 1. The smallest absolute Gasteiger partial charge is 0.269 e. The van der Waals surface area contributed by atoms with E-state index in [2.05, 4.69) is 22.3 Å². The molecule has 0 aliphatic rings. The van der Waals surface area contributed by atoms with Gasteiger partial charge >= 0.3 is 0 Å². The van der Waals surface area contributed by atoms with Gasteiger partial charge < -0.3 is 0 Å². The first-order valence-corrected chi connectivity index (χ1v) is 9.63.